The number of hydrogen-bond donors (Lipinski definition) is 1. The van der Waals surface area contributed by atoms with Crippen molar-refractivity contribution in [3.05, 3.63) is 18.2 Å². The van der Waals surface area contributed by atoms with Crippen molar-refractivity contribution in [1.29, 1.82) is 5.26 Å². The van der Waals surface area contributed by atoms with E-state index in [4.69, 9.17) is 5.26 Å². The van der Waals surface area contributed by atoms with Gasteiger partial charge in [0.25, 0.3) is 0 Å². The Kier molecular flexibility index (Phi) is 3.02. The van der Waals surface area contributed by atoms with Crippen LogP contribution in [0.1, 0.15) is 37.4 Å². The Morgan fingerprint density at radius 1 is 1.60 bits per heavy atom. The standard InChI is InChI=1S/C11H16N4/c1-15-8-13-7-11(15)10(6-12)14-9-4-2-3-5-9/h7-10,14H,2-5H2,1H3. The molecule has 1 aliphatic carbocycles. The highest BCUT2D eigenvalue weighted by Gasteiger charge is 2.21. The molecule has 1 aliphatic rings. The first kappa shape index (κ1) is 10.2. The van der Waals surface area contributed by atoms with Crippen LogP contribution in [-0.4, -0.2) is 15.6 Å². The van der Waals surface area contributed by atoms with Crippen LogP contribution in [0.5, 0.6) is 0 Å². The molecular weight excluding hydrogens is 188 g/mol. The monoisotopic (exact) mass is 204 g/mol. The zero-order valence-corrected chi connectivity index (χ0v) is 8.98. The summed E-state index contributed by atoms with van der Waals surface area (Å²) in [5, 5.41) is 12.5. The van der Waals surface area contributed by atoms with Crippen molar-refractivity contribution in [2.75, 3.05) is 0 Å². The van der Waals surface area contributed by atoms with E-state index in [1.54, 1.807) is 12.5 Å². The van der Waals surface area contributed by atoms with Gasteiger partial charge in [0.2, 0.25) is 0 Å². The summed E-state index contributed by atoms with van der Waals surface area (Å²) in [5.41, 5.74) is 0.949. The summed E-state index contributed by atoms with van der Waals surface area (Å²) in [6.45, 7) is 0. The van der Waals surface area contributed by atoms with Crippen LogP contribution in [0.15, 0.2) is 12.5 Å². The van der Waals surface area contributed by atoms with E-state index in [9.17, 15) is 0 Å². The fourth-order valence-electron chi connectivity index (χ4n) is 2.16. The second kappa shape index (κ2) is 4.45. The highest BCUT2D eigenvalue weighted by Crippen LogP contribution is 2.21. The average molecular weight is 204 g/mol. The minimum absolute atomic E-state index is 0.222. The van der Waals surface area contributed by atoms with Gasteiger partial charge in [-0.25, -0.2) is 4.98 Å². The van der Waals surface area contributed by atoms with Crippen LogP contribution >= 0.6 is 0 Å². The lowest BCUT2D eigenvalue weighted by atomic mass is 10.2. The van der Waals surface area contributed by atoms with Crippen LogP contribution in [-0.2, 0) is 7.05 Å². The van der Waals surface area contributed by atoms with E-state index < -0.39 is 0 Å². The molecule has 1 N–H and O–H groups in total. The van der Waals surface area contributed by atoms with Crippen molar-refractivity contribution in [3.8, 4) is 6.07 Å². The van der Waals surface area contributed by atoms with Gasteiger partial charge in [-0.3, -0.25) is 5.32 Å². The van der Waals surface area contributed by atoms with Crippen molar-refractivity contribution in [3.63, 3.8) is 0 Å². The number of rotatable bonds is 3. The second-order valence-electron chi connectivity index (χ2n) is 4.14. The summed E-state index contributed by atoms with van der Waals surface area (Å²) in [4.78, 5) is 4.04. The lowest BCUT2D eigenvalue weighted by molar-refractivity contribution is 0.479. The number of aromatic nitrogens is 2. The Bertz CT molecular complexity index is 357. The molecule has 1 unspecified atom stereocenters. The molecule has 0 amide bonds. The van der Waals surface area contributed by atoms with Crippen molar-refractivity contribution in [1.82, 2.24) is 14.9 Å². The zero-order chi connectivity index (χ0) is 10.7. The molecule has 0 radical (unpaired) electrons. The molecule has 4 nitrogen and oxygen atoms in total. The maximum absolute atomic E-state index is 9.13. The van der Waals surface area contributed by atoms with E-state index in [0.29, 0.717) is 6.04 Å². The van der Waals surface area contributed by atoms with Crippen LogP contribution in [0, 0.1) is 11.3 Å². The maximum Gasteiger partial charge on any atom is 0.138 e. The molecule has 0 saturated heterocycles. The Morgan fingerprint density at radius 3 is 2.87 bits per heavy atom. The van der Waals surface area contributed by atoms with Gasteiger partial charge in [0, 0.05) is 13.1 Å². The molecule has 1 heterocycles. The largest absolute Gasteiger partial charge is 0.335 e. The average Bonchev–Trinajstić information content (AvgIpc) is 2.85. The molecule has 0 aromatic carbocycles. The lowest BCUT2D eigenvalue weighted by Crippen LogP contribution is -2.30. The fourth-order valence-corrected chi connectivity index (χ4v) is 2.16. The van der Waals surface area contributed by atoms with E-state index in [-0.39, 0.29) is 6.04 Å². The molecule has 2 rings (SSSR count). The molecule has 0 bridgehead atoms. The Hall–Kier alpha value is -1.34. The number of nitrogens with zero attached hydrogens (tertiary/aromatic N) is 3. The predicted molar refractivity (Wildman–Crippen MR) is 57.0 cm³/mol. The molecule has 0 aliphatic heterocycles. The summed E-state index contributed by atoms with van der Waals surface area (Å²) in [7, 11) is 1.92. The van der Waals surface area contributed by atoms with E-state index in [0.717, 1.165) is 5.69 Å². The van der Waals surface area contributed by atoms with Gasteiger partial charge in [-0.15, -0.1) is 0 Å². The fraction of sp³-hybridized carbons (Fsp3) is 0.636. The zero-order valence-electron chi connectivity index (χ0n) is 8.98. The molecule has 1 atom stereocenters. The SMILES string of the molecule is Cn1cncc1C(C#N)NC1CCCC1. The van der Waals surface area contributed by atoms with Crippen molar-refractivity contribution in [2.45, 2.75) is 37.8 Å². The topological polar surface area (TPSA) is 53.6 Å². The Labute approximate surface area is 89.9 Å². The third kappa shape index (κ3) is 2.18. The normalized spacial score (nSPS) is 18.9. The summed E-state index contributed by atoms with van der Waals surface area (Å²) in [5.74, 6) is 0. The van der Waals surface area contributed by atoms with Gasteiger partial charge in [0.15, 0.2) is 0 Å². The van der Waals surface area contributed by atoms with Crippen LogP contribution in [0.3, 0.4) is 0 Å². The first-order chi connectivity index (χ1) is 7.31. The third-order valence-corrected chi connectivity index (χ3v) is 3.04. The molecule has 1 aromatic heterocycles. The predicted octanol–water partition coefficient (Wildman–Crippen LogP) is 1.52. The third-order valence-electron chi connectivity index (χ3n) is 3.04. The number of aryl methyl sites for hydroxylation is 1. The van der Waals surface area contributed by atoms with E-state index in [1.807, 2.05) is 11.6 Å². The van der Waals surface area contributed by atoms with Crippen LogP contribution in [0.2, 0.25) is 0 Å². The number of nitriles is 1. The highest BCUT2D eigenvalue weighted by molar-refractivity contribution is 5.14. The summed E-state index contributed by atoms with van der Waals surface area (Å²) < 4.78 is 1.90. The lowest BCUT2D eigenvalue weighted by Gasteiger charge is -2.17. The highest BCUT2D eigenvalue weighted by atomic mass is 15.1. The summed E-state index contributed by atoms with van der Waals surface area (Å²) in [6.07, 6.45) is 8.43. The molecule has 80 valence electrons. The van der Waals surface area contributed by atoms with E-state index >= 15 is 0 Å². The van der Waals surface area contributed by atoms with Gasteiger partial charge >= 0.3 is 0 Å². The first-order valence-electron chi connectivity index (χ1n) is 5.43. The first-order valence-corrected chi connectivity index (χ1v) is 5.43. The van der Waals surface area contributed by atoms with Crippen LogP contribution in [0.25, 0.3) is 0 Å². The molecule has 1 fully saturated rings. The number of imidazole rings is 1. The quantitative estimate of drug-likeness (QED) is 0.812. The van der Waals surface area contributed by atoms with Gasteiger partial charge < -0.3 is 4.57 Å². The van der Waals surface area contributed by atoms with Crippen LogP contribution < -0.4 is 5.32 Å². The smallest absolute Gasteiger partial charge is 0.138 e. The Balaban J connectivity index is 2.05. The van der Waals surface area contributed by atoms with Crippen molar-refractivity contribution < 1.29 is 0 Å². The van der Waals surface area contributed by atoms with Gasteiger partial charge in [-0.05, 0) is 12.8 Å². The molecular formula is C11H16N4. The summed E-state index contributed by atoms with van der Waals surface area (Å²) >= 11 is 0. The summed E-state index contributed by atoms with van der Waals surface area (Å²) in [6, 6.07) is 2.58. The van der Waals surface area contributed by atoms with Gasteiger partial charge in [-0.2, -0.15) is 5.26 Å². The molecule has 1 aromatic rings. The molecule has 0 spiro atoms. The van der Waals surface area contributed by atoms with E-state index in [2.05, 4.69) is 16.4 Å². The van der Waals surface area contributed by atoms with Gasteiger partial charge in [0.05, 0.1) is 24.3 Å². The number of nitrogens with one attached hydrogen (secondary N) is 1. The molecule has 15 heavy (non-hydrogen) atoms. The van der Waals surface area contributed by atoms with Crippen molar-refractivity contribution in [2.24, 2.45) is 7.05 Å². The minimum atomic E-state index is -0.222. The second-order valence-corrected chi connectivity index (χ2v) is 4.14. The molecule has 1 saturated carbocycles. The van der Waals surface area contributed by atoms with Crippen LogP contribution in [0.4, 0.5) is 0 Å². The van der Waals surface area contributed by atoms with Crippen molar-refractivity contribution >= 4 is 0 Å². The molecule has 4 heteroatoms. The van der Waals surface area contributed by atoms with Gasteiger partial charge in [-0.1, -0.05) is 12.8 Å². The van der Waals surface area contributed by atoms with Gasteiger partial charge in [0.1, 0.15) is 6.04 Å². The number of hydrogen-bond acceptors (Lipinski definition) is 3. The Morgan fingerprint density at radius 2 is 2.33 bits per heavy atom. The van der Waals surface area contributed by atoms with E-state index in [1.165, 1.54) is 25.7 Å². The maximum atomic E-state index is 9.13. The minimum Gasteiger partial charge on any atom is -0.335 e.